The first-order valence-electron chi connectivity index (χ1n) is 9.67. The third-order valence-electron chi connectivity index (χ3n) is 4.73. The molecule has 0 unspecified atom stereocenters. The van der Waals surface area contributed by atoms with Gasteiger partial charge in [0.1, 0.15) is 0 Å². The monoisotopic (exact) mass is 391 g/mol. The second-order valence-electron chi connectivity index (χ2n) is 6.78. The molecule has 1 fully saturated rings. The minimum atomic E-state index is 0.176. The summed E-state index contributed by atoms with van der Waals surface area (Å²) in [4.78, 5) is 21.8. The maximum atomic E-state index is 11.4. The summed E-state index contributed by atoms with van der Waals surface area (Å²) in [7, 11) is 0. The maximum absolute atomic E-state index is 11.4. The maximum Gasteiger partial charge on any atom is 0.219 e. The highest BCUT2D eigenvalue weighted by molar-refractivity contribution is 7.98. The van der Waals surface area contributed by atoms with Crippen molar-refractivity contribution in [3.63, 3.8) is 0 Å². The first-order valence-corrected chi connectivity index (χ1v) is 10.9. The number of benzene rings is 1. The molecule has 27 heavy (non-hydrogen) atoms. The molecule has 7 heteroatoms. The second kappa shape index (κ2) is 11.2. The lowest BCUT2D eigenvalue weighted by atomic mass is 10.1. The van der Waals surface area contributed by atoms with Crippen LogP contribution in [0.1, 0.15) is 25.0 Å². The topological polar surface area (TPSA) is 60.0 Å². The van der Waals surface area contributed by atoms with Crippen LogP contribution in [0.25, 0.3) is 0 Å². The number of rotatable bonds is 7. The smallest absolute Gasteiger partial charge is 0.219 e. The number of hydrogen-bond donors (Lipinski definition) is 2. The van der Waals surface area contributed by atoms with E-state index in [0.717, 1.165) is 51.8 Å². The minimum Gasteiger partial charge on any atom is -0.357 e. The first kappa shape index (κ1) is 21.6. The van der Waals surface area contributed by atoms with Crippen molar-refractivity contribution in [2.24, 2.45) is 4.99 Å². The van der Waals surface area contributed by atoms with Crippen LogP contribution in [0, 0.1) is 6.92 Å². The Kier molecular flexibility index (Phi) is 8.94. The predicted octanol–water partition coefficient (Wildman–Crippen LogP) is 1.94. The van der Waals surface area contributed by atoms with Gasteiger partial charge in [0.05, 0.1) is 6.54 Å². The van der Waals surface area contributed by atoms with Gasteiger partial charge in [0.2, 0.25) is 5.91 Å². The van der Waals surface area contributed by atoms with Crippen LogP contribution in [0.3, 0.4) is 0 Å². The van der Waals surface area contributed by atoms with Crippen molar-refractivity contribution in [2.75, 3.05) is 52.1 Å². The number of amides is 1. The molecule has 2 N–H and O–H groups in total. The van der Waals surface area contributed by atoms with E-state index in [4.69, 9.17) is 4.99 Å². The zero-order valence-electron chi connectivity index (χ0n) is 17.0. The van der Waals surface area contributed by atoms with E-state index in [9.17, 15) is 4.79 Å². The molecule has 6 nitrogen and oxygen atoms in total. The van der Waals surface area contributed by atoms with Crippen molar-refractivity contribution < 1.29 is 4.79 Å². The Hall–Kier alpha value is -1.73. The van der Waals surface area contributed by atoms with Crippen LogP contribution in [-0.2, 0) is 11.3 Å². The molecule has 0 aromatic heterocycles. The summed E-state index contributed by atoms with van der Waals surface area (Å²) in [5, 5.41) is 6.75. The van der Waals surface area contributed by atoms with Gasteiger partial charge >= 0.3 is 0 Å². The van der Waals surface area contributed by atoms with Gasteiger partial charge in [-0.2, -0.15) is 0 Å². The number of carbonyl (C=O) groups is 1. The molecule has 1 heterocycles. The Bertz CT molecular complexity index is 641. The van der Waals surface area contributed by atoms with E-state index in [1.165, 1.54) is 16.0 Å². The number of guanidine groups is 1. The molecule has 0 saturated carbocycles. The Morgan fingerprint density at radius 1 is 1.22 bits per heavy atom. The molecule has 1 aromatic carbocycles. The van der Waals surface area contributed by atoms with Crippen LogP contribution < -0.4 is 10.6 Å². The molecular formula is C20H33N5OS. The fraction of sp³-hybridized carbons (Fsp3) is 0.600. The van der Waals surface area contributed by atoms with Gasteiger partial charge in [0, 0.05) is 57.6 Å². The molecule has 1 aromatic rings. The van der Waals surface area contributed by atoms with Gasteiger partial charge in [0.25, 0.3) is 0 Å². The molecule has 150 valence electrons. The highest BCUT2D eigenvalue weighted by atomic mass is 32.2. The number of hydrogen-bond acceptors (Lipinski definition) is 4. The van der Waals surface area contributed by atoms with Crippen LogP contribution in [0.2, 0.25) is 0 Å². The fourth-order valence-electron chi connectivity index (χ4n) is 3.11. The summed E-state index contributed by atoms with van der Waals surface area (Å²) in [6, 6.07) is 6.53. The summed E-state index contributed by atoms with van der Waals surface area (Å²) >= 11 is 1.77. The van der Waals surface area contributed by atoms with Crippen molar-refractivity contribution in [3.05, 3.63) is 29.3 Å². The van der Waals surface area contributed by atoms with Gasteiger partial charge in [-0.1, -0.05) is 12.1 Å². The molecule has 1 aliphatic rings. The SMILES string of the molecule is CCNC(=NCc1ccc(C)cc1SC)NCCN1CCN(C(C)=O)CC1. The normalized spacial score (nSPS) is 15.7. The van der Waals surface area contributed by atoms with E-state index >= 15 is 0 Å². The average Bonchev–Trinajstić information content (AvgIpc) is 2.67. The van der Waals surface area contributed by atoms with Gasteiger partial charge in [-0.3, -0.25) is 9.69 Å². The lowest BCUT2D eigenvalue weighted by Gasteiger charge is -2.34. The summed E-state index contributed by atoms with van der Waals surface area (Å²) in [5.41, 5.74) is 2.53. The summed E-state index contributed by atoms with van der Waals surface area (Å²) in [5.74, 6) is 1.03. The van der Waals surface area contributed by atoms with E-state index < -0.39 is 0 Å². The number of piperazine rings is 1. The van der Waals surface area contributed by atoms with Gasteiger partial charge in [-0.05, 0) is 37.3 Å². The standard InChI is InChI=1S/C20H33N5OS/c1-5-21-20(23-15-18-7-6-16(2)14-19(18)27-4)22-8-9-24-10-12-25(13-11-24)17(3)26/h6-7,14H,5,8-13,15H2,1-4H3,(H2,21,22,23). The number of nitrogens with zero attached hydrogens (tertiary/aromatic N) is 3. The van der Waals surface area contributed by atoms with E-state index in [-0.39, 0.29) is 5.91 Å². The third kappa shape index (κ3) is 7.07. The van der Waals surface area contributed by atoms with Crippen molar-refractivity contribution in [1.82, 2.24) is 20.4 Å². The first-order chi connectivity index (χ1) is 13.0. The summed E-state index contributed by atoms with van der Waals surface area (Å²) in [6.07, 6.45) is 2.11. The average molecular weight is 392 g/mol. The number of aryl methyl sites for hydroxylation is 1. The van der Waals surface area contributed by atoms with Crippen LogP contribution in [0.4, 0.5) is 0 Å². The van der Waals surface area contributed by atoms with Crippen molar-refractivity contribution in [2.45, 2.75) is 32.2 Å². The number of thioether (sulfide) groups is 1. The fourth-order valence-corrected chi connectivity index (χ4v) is 3.81. The van der Waals surface area contributed by atoms with Crippen molar-refractivity contribution in [3.8, 4) is 0 Å². The Balaban J connectivity index is 1.83. The molecule has 1 amide bonds. The Morgan fingerprint density at radius 3 is 2.59 bits per heavy atom. The molecule has 0 aliphatic carbocycles. The van der Waals surface area contributed by atoms with Crippen molar-refractivity contribution >= 4 is 23.6 Å². The summed E-state index contributed by atoms with van der Waals surface area (Å²) in [6.45, 7) is 12.7. The van der Waals surface area contributed by atoms with Gasteiger partial charge in [0.15, 0.2) is 5.96 Å². The molecule has 0 atom stereocenters. The van der Waals surface area contributed by atoms with E-state index in [0.29, 0.717) is 6.54 Å². The van der Waals surface area contributed by atoms with E-state index in [1.54, 1.807) is 18.7 Å². The molecule has 0 radical (unpaired) electrons. The Morgan fingerprint density at radius 2 is 1.96 bits per heavy atom. The zero-order valence-corrected chi connectivity index (χ0v) is 17.9. The molecule has 0 spiro atoms. The highest BCUT2D eigenvalue weighted by Gasteiger charge is 2.17. The number of nitrogens with one attached hydrogen (secondary N) is 2. The lowest BCUT2D eigenvalue weighted by molar-refractivity contribution is -0.130. The van der Waals surface area contributed by atoms with Crippen molar-refractivity contribution in [1.29, 1.82) is 0 Å². The molecule has 0 bridgehead atoms. The molecule has 1 saturated heterocycles. The molecule has 2 rings (SSSR count). The van der Waals surface area contributed by atoms with Gasteiger partial charge < -0.3 is 15.5 Å². The van der Waals surface area contributed by atoms with Crippen LogP contribution in [0.15, 0.2) is 28.1 Å². The molecule has 1 aliphatic heterocycles. The second-order valence-corrected chi connectivity index (χ2v) is 7.63. The lowest BCUT2D eigenvalue weighted by Crippen LogP contribution is -2.50. The van der Waals surface area contributed by atoms with Gasteiger partial charge in [-0.15, -0.1) is 11.8 Å². The predicted molar refractivity (Wildman–Crippen MR) is 114 cm³/mol. The largest absolute Gasteiger partial charge is 0.357 e. The molecular weight excluding hydrogens is 358 g/mol. The van der Waals surface area contributed by atoms with E-state index in [2.05, 4.69) is 53.8 Å². The van der Waals surface area contributed by atoms with Gasteiger partial charge in [-0.25, -0.2) is 4.99 Å². The van der Waals surface area contributed by atoms with Crippen LogP contribution >= 0.6 is 11.8 Å². The van der Waals surface area contributed by atoms with E-state index in [1.807, 2.05) is 4.90 Å². The highest BCUT2D eigenvalue weighted by Crippen LogP contribution is 2.22. The quantitative estimate of drug-likeness (QED) is 0.423. The number of carbonyl (C=O) groups excluding carboxylic acids is 1. The zero-order chi connectivity index (χ0) is 19.6. The van der Waals surface area contributed by atoms with Crippen LogP contribution in [-0.4, -0.2) is 73.7 Å². The van der Waals surface area contributed by atoms with Crippen LogP contribution in [0.5, 0.6) is 0 Å². The third-order valence-corrected chi connectivity index (χ3v) is 5.55. The number of aliphatic imine (C=N–C) groups is 1. The summed E-state index contributed by atoms with van der Waals surface area (Å²) < 4.78 is 0. The minimum absolute atomic E-state index is 0.176. The Labute approximate surface area is 167 Å².